The Morgan fingerprint density at radius 2 is 2.24 bits per heavy atom. The Kier molecular flexibility index (Phi) is 6.08. The monoisotopic (exact) mass is 298 g/mol. The van der Waals surface area contributed by atoms with Crippen molar-refractivity contribution in [1.29, 1.82) is 0 Å². The number of hydrogen-bond acceptors (Lipinski definition) is 3. The zero-order valence-corrected chi connectivity index (χ0v) is 12.5. The second kappa shape index (κ2) is 7.82. The third kappa shape index (κ3) is 3.99. The zero-order chi connectivity index (χ0) is 15.2. The van der Waals surface area contributed by atoms with E-state index in [1.54, 1.807) is 12.1 Å². The van der Waals surface area contributed by atoms with Gasteiger partial charge >= 0.3 is 0 Å². The molecule has 1 aromatic carbocycles. The number of rotatable bonds is 7. The van der Waals surface area contributed by atoms with Crippen molar-refractivity contribution >= 4 is 0 Å². The molecule has 1 saturated heterocycles. The Morgan fingerprint density at radius 1 is 1.43 bits per heavy atom. The summed E-state index contributed by atoms with van der Waals surface area (Å²) in [6, 6.07) is 4.34. The van der Waals surface area contributed by atoms with Crippen LogP contribution in [-0.4, -0.2) is 42.3 Å². The van der Waals surface area contributed by atoms with E-state index in [-0.39, 0.29) is 18.7 Å². The Morgan fingerprint density at radius 3 is 2.95 bits per heavy atom. The maximum Gasteiger partial charge on any atom is 0.163 e. The van der Waals surface area contributed by atoms with Crippen molar-refractivity contribution in [3.63, 3.8) is 0 Å². The molecule has 3 nitrogen and oxygen atoms in total. The Balaban J connectivity index is 2.03. The van der Waals surface area contributed by atoms with E-state index in [4.69, 9.17) is 0 Å². The van der Waals surface area contributed by atoms with Crippen LogP contribution >= 0.6 is 0 Å². The number of aliphatic hydroxyl groups excluding tert-OH is 1. The van der Waals surface area contributed by atoms with Gasteiger partial charge in [-0.15, -0.1) is 0 Å². The van der Waals surface area contributed by atoms with Gasteiger partial charge < -0.3 is 10.4 Å². The fourth-order valence-corrected chi connectivity index (χ4v) is 3.09. The quantitative estimate of drug-likeness (QED) is 0.812. The second-order valence-corrected chi connectivity index (χ2v) is 5.56. The largest absolute Gasteiger partial charge is 0.395 e. The second-order valence-electron chi connectivity index (χ2n) is 5.56. The number of halogens is 2. The molecule has 0 aromatic heterocycles. The van der Waals surface area contributed by atoms with Crippen molar-refractivity contribution in [2.45, 2.75) is 38.3 Å². The molecule has 0 aliphatic carbocycles. The van der Waals surface area contributed by atoms with Crippen LogP contribution in [0.4, 0.5) is 8.78 Å². The number of hydrogen-bond donors (Lipinski definition) is 2. The predicted octanol–water partition coefficient (Wildman–Crippen LogP) is 2.46. The molecule has 118 valence electrons. The van der Waals surface area contributed by atoms with E-state index in [0.29, 0.717) is 18.5 Å². The number of likely N-dealkylation sites (tertiary alicyclic amines) is 1. The molecule has 0 radical (unpaired) electrons. The van der Waals surface area contributed by atoms with Crippen molar-refractivity contribution in [1.82, 2.24) is 10.2 Å². The summed E-state index contributed by atoms with van der Waals surface area (Å²) < 4.78 is 27.3. The first kappa shape index (κ1) is 16.3. The minimum atomic E-state index is -0.801. The molecule has 1 aliphatic heterocycles. The van der Waals surface area contributed by atoms with Crippen molar-refractivity contribution in [3.05, 3.63) is 35.4 Å². The molecule has 2 unspecified atom stereocenters. The summed E-state index contributed by atoms with van der Waals surface area (Å²) in [7, 11) is 0. The van der Waals surface area contributed by atoms with Crippen LogP contribution in [-0.2, 0) is 0 Å². The molecule has 0 amide bonds. The van der Waals surface area contributed by atoms with E-state index in [1.165, 1.54) is 0 Å². The molecule has 5 heteroatoms. The van der Waals surface area contributed by atoms with Gasteiger partial charge in [-0.05, 0) is 38.4 Å². The third-order valence-corrected chi connectivity index (χ3v) is 4.22. The van der Waals surface area contributed by atoms with Crippen LogP contribution in [0.1, 0.15) is 37.8 Å². The van der Waals surface area contributed by atoms with Crippen LogP contribution in [0.3, 0.4) is 0 Å². The Hall–Kier alpha value is -1.04. The van der Waals surface area contributed by atoms with Crippen molar-refractivity contribution in [2.75, 3.05) is 26.2 Å². The molecule has 0 bridgehead atoms. The molecule has 2 N–H and O–H groups in total. The zero-order valence-electron chi connectivity index (χ0n) is 12.5. The lowest BCUT2D eigenvalue weighted by molar-refractivity contribution is 0.154. The summed E-state index contributed by atoms with van der Waals surface area (Å²) >= 11 is 0. The first-order valence-electron chi connectivity index (χ1n) is 7.69. The van der Waals surface area contributed by atoms with Crippen LogP contribution in [0.2, 0.25) is 0 Å². The van der Waals surface area contributed by atoms with E-state index in [9.17, 15) is 13.9 Å². The molecule has 1 heterocycles. The number of nitrogens with one attached hydrogen (secondary N) is 1. The SMILES string of the molecule is CCNC(CCN1CCCC1CO)c1cccc(F)c1F. The van der Waals surface area contributed by atoms with Gasteiger partial charge in [-0.1, -0.05) is 19.1 Å². The Labute approximate surface area is 125 Å². The molecule has 0 spiro atoms. The lowest BCUT2D eigenvalue weighted by Crippen LogP contribution is -2.35. The summed E-state index contributed by atoms with van der Waals surface area (Å²) in [6.07, 6.45) is 2.80. The molecule has 1 aliphatic rings. The van der Waals surface area contributed by atoms with E-state index in [0.717, 1.165) is 32.0 Å². The van der Waals surface area contributed by atoms with Gasteiger partial charge in [0.15, 0.2) is 11.6 Å². The molecule has 2 rings (SSSR count). The van der Waals surface area contributed by atoms with Crippen LogP contribution in [0.15, 0.2) is 18.2 Å². The van der Waals surface area contributed by atoms with E-state index in [2.05, 4.69) is 10.2 Å². The Bertz CT molecular complexity index is 456. The molecule has 21 heavy (non-hydrogen) atoms. The van der Waals surface area contributed by atoms with Crippen molar-refractivity contribution in [3.8, 4) is 0 Å². The minimum absolute atomic E-state index is 0.167. The molecule has 2 atom stereocenters. The highest BCUT2D eigenvalue weighted by atomic mass is 19.2. The van der Waals surface area contributed by atoms with Gasteiger partial charge in [0.2, 0.25) is 0 Å². The summed E-state index contributed by atoms with van der Waals surface area (Å²) in [5.74, 6) is -1.56. The number of aliphatic hydroxyl groups is 1. The lowest BCUT2D eigenvalue weighted by atomic mass is 10.0. The average molecular weight is 298 g/mol. The first-order chi connectivity index (χ1) is 10.2. The van der Waals surface area contributed by atoms with E-state index < -0.39 is 11.6 Å². The predicted molar refractivity (Wildman–Crippen MR) is 79.1 cm³/mol. The van der Waals surface area contributed by atoms with Gasteiger partial charge in [-0.3, -0.25) is 4.90 Å². The standard InChI is InChI=1S/C16H24F2N2O/c1-2-19-15(13-6-3-7-14(17)16(13)18)8-10-20-9-4-5-12(20)11-21/h3,6-7,12,15,19,21H,2,4-5,8-11H2,1H3. The van der Waals surface area contributed by atoms with Gasteiger partial charge in [0.1, 0.15) is 0 Å². The fraction of sp³-hybridized carbons (Fsp3) is 0.625. The van der Waals surface area contributed by atoms with Gasteiger partial charge in [0.05, 0.1) is 6.61 Å². The summed E-state index contributed by atoms with van der Waals surface area (Å²) in [4.78, 5) is 2.24. The maximum atomic E-state index is 13.9. The summed E-state index contributed by atoms with van der Waals surface area (Å²) in [5, 5.41) is 12.6. The van der Waals surface area contributed by atoms with E-state index in [1.807, 2.05) is 6.92 Å². The lowest BCUT2D eigenvalue weighted by Gasteiger charge is -2.26. The summed E-state index contributed by atoms with van der Waals surface area (Å²) in [6.45, 7) is 4.56. The normalized spacial score (nSPS) is 20.9. The van der Waals surface area contributed by atoms with Crippen molar-refractivity contribution in [2.24, 2.45) is 0 Å². The highest BCUT2D eigenvalue weighted by Gasteiger charge is 2.25. The highest BCUT2D eigenvalue weighted by molar-refractivity contribution is 5.22. The molecule has 1 fully saturated rings. The summed E-state index contributed by atoms with van der Waals surface area (Å²) in [5.41, 5.74) is 0.386. The van der Waals surface area contributed by atoms with Crippen LogP contribution in [0.5, 0.6) is 0 Å². The van der Waals surface area contributed by atoms with Gasteiger partial charge in [-0.25, -0.2) is 8.78 Å². The third-order valence-electron chi connectivity index (χ3n) is 4.22. The molecular formula is C16H24F2N2O. The molecule has 1 aromatic rings. The van der Waals surface area contributed by atoms with Gasteiger partial charge in [0.25, 0.3) is 0 Å². The topological polar surface area (TPSA) is 35.5 Å². The van der Waals surface area contributed by atoms with E-state index >= 15 is 0 Å². The number of nitrogens with zero attached hydrogens (tertiary/aromatic N) is 1. The van der Waals surface area contributed by atoms with Crippen LogP contribution in [0, 0.1) is 11.6 Å². The molecule has 0 saturated carbocycles. The van der Waals surface area contributed by atoms with Gasteiger partial charge in [0, 0.05) is 24.2 Å². The van der Waals surface area contributed by atoms with Gasteiger partial charge in [-0.2, -0.15) is 0 Å². The minimum Gasteiger partial charge on any atom is -0.395 e. The smallest absolute Gasteiger partial charge is 0.163 e. The van der Waals surface area contributed by atoms with Crippen LogP contribution < -0.4 is 5.32 Å². The average Bonchev–Trinajstić information content (AvgIpc) is 2.94. The highest BCUT2D eigenvalue weighted by Crippen LogP contribution is 2.24. The number of benzene rings is 1. The van der Waals surface area contributed by atoms with Crippen molar-refractivity contribution < 1.29 is 13.9 Å². The first-order valence-corrected chi connectivity index (χ1v) is 7.69. The van der Waals surface area contributed by atoms with Crippen LogP contribution in [0.25, 0.3) is 0 Å². The molecular weight excluding hydrogens is 274 g/mol. The maximum absolute atomic E-state index is 13.9. The fourth-order valence-electron chi connectivity index (χ4n) is 3.09.